The molecule has 1 N–H and O–H groups in total. The molecule has 1 amide bonds. The number of anilines is 1. The molecule has 0 aromatic carbocycles. The van der Waals surface area contributed by atoms with E-state index in [0.29, 0.717) is 5.89 Å². The number of nitrogens with one attached hydrogen (secondary N) is 1. The Morgan fingerprint density at radius 3 is 2.64 bits per heavy atom. The van der Waals surface area contributed by atoms with Gasteiger partial charge >= 0.3 is 6.01 Å². The maximum absolute atomic E-state index is 11.4. The molecule has 0 atom stereocenters. The summed E-state index contributed by atoms with van der Waals surface area (Å²) in [6.45, 7) is 4.62. The largest absolute Gasteiger partial charge is 0.408 e. The van der Waals surface area contributed by atoms with E-state index in [1.165, 1.54) is 13.8 Å². The van der Waals surface area contributed by atoms with Gasteiger partial charge in [-0.05, 0) is 13.8 Å². The normalized spacial score (nSPS) is 10.7. The molecular formula is C8H10N4O2. The highest BCUT2D eigenvalue weighted by Crippen LogP contribution is 2.16. The lowest BCUT2D eigenvalue weighted by Gasteiger charge is -2.11. The second kappa shape index (κ2) is 3.46. The van der Waals surface area contributed by atoms with Crippen LogP contribution < -0.4 is 5.32 Å². The summed E-state index contributed by atoms with van der Waals surface area (Å²) in [7, 11) is 0. The Kier molecular flexibility index (Phi) is 2.51. The van der Waals surface area contributed by atoms with Gasteiger partial charge in [0.2, 0.25) is 11.8 Å². The zero-order valence-electron chi connectivity index (χ0n) is 8.16. The molecule has 0 saturated carbocycles. The van der Waals surface area contributed by atoms with E-state index in [-0.39, 0.29) is 6.01 Å². The SMILES string of the molecule is Cc1nnc(NC(=O)C(C)(C)C#N)o1. The van der Waals surface area contributed by atoms with Crippen LogP contribution in [0.2, 0.25) is 0 Å². The molecule has 0 unspecified atom stereocenters. The number of carbonyl (C=O) groups is 1. The Morgan fingerprint density at radius 2 is 2.21 bits per heavy atom. The van der Waals surface area contributed by atoms with Gasteiger partial charge in [0.05, 0.1) is 6.07 Å². The summed E-state index contributed by atoms with van der Waals surface area (Å²) in [6, 6.07) is 1.88. The number of hydrogen-bond donors (Lipinski definition) is 1. The van der Waals surface area contributed by atoms with Gasteiger partial charge in [-0.15, -0.1) is 5.10 Å². The van der Waals surface area contributed by atoms with E-state index in [9.17, 15) is 4.79 Å². The summed E-state index contributed by atoms with van der Waals surface area (Å²) in [5.41, 5.74) is -1.11. The third kappa shape index (κ3) is 2.07. The number of rotatable bonds is 2. The second-order valence-electron chi connectivity index (χ2n) is 3.32. The first-order valence-electron chi connectivity index (χ1n) is 3.98. The van der Waals surface area contributed by atoms with Crippen LogP contribution in [0, 0.1) is 23.7 Å². The van der Waals surface area contributed by atoms with Gasteiger partial charge in [-0.25, -0.2) is 0 Å². The van der Waals surface area contributed by atoms with E-state index in [1.807, 2.05) is 6.07 Å². The first kappa shape index (κ1) is 10.2. The number of amides is 1. The topological polar surface area (TPSA) is 91.8 Å². The molecule has 0 bridgehead atoms. The lowest BCUT2D eigenvalue weighted by Crippen LogP contribution is -2.29. The molecule has 6 nitrogen and oxygen atoms in total. The highest BCUT2D eigenvalue weighted by Gasteiger charge is 2.28. The van der Waals surface area contributed by atoms with E-state index < -0.39 is 11.3 Å². The molecule has 1 aromatic heterocycles. The third-order valence-corrected chi connectivity index (χ3v) is 1.59. The molecule has 0 fully saturated rings. The van der Waals surface area contributed by atoms with Gasteiger partial charge in [-0.3, -0.25) is 10.1 Å². The molecule has 1 heterocycles. The summed E-state index contributed by atoms with van der Waals surface area (Å²) in [4.78, 5) is 11.4. The van der Waals surface area contributed by atoms with E-state index in [0.717, 1.165) is 0 Å². The van der Waals surface area contributed by atoms with E-state index in [1.54, 1.807) is 6.92 Å². The smallest absolute Gasteiger partial charge is 0.322 e. The van der Waals surface area contributed by atoms with Crippen molar-refractivity contribution < 1.29 is 9.21 Å². The summed E-state index contributed by atoms with van der Waals surface area (Å²) >= 11 is 0. The zero-order chi connectivity index (χ0) is 10.8. The Balaban J connectivity index is 2.72. The van der Waals surface area contributed by atoms with Crippen LogP contribution in [0.3, 0.4) is 0 Å². The summed E-state index contributed by atoms with van der Waals surface area (Å²) < 4.78 is 4.93. The van der Waals surface area contributed by atoms with Crippen LogP contribution in [0.25, 0.3) is 0 Å². The van der Waals surface area contributed by atoms with Crippen molar-refractivity contribution in [3.8, 4) is 6.07 Å². The predicted octanol–water partition coefficient (Wildman–Crippen LogP) is 0.866. The standard InChI is InChI=1S/C8H10N4O2/c1-5-11-12-7(14-5)10-6(13)8(2,3)4-9/h1-3H3,(H,10,12,13). The Labute approximate surface area is 80.9 Å². The van der Waals surface area contributed by atoms with Crippen molar-refractivity contribution in [2.45, 2.75) is 20.8 Å². The minimum Gasteiger partial charge on any atom is -0.408 e. The van der Waals surface area contributed by atoms with Crippen molar-refractivity contribution in [1.29, 1.82) is 5.26 Å². The average Bonchev–Trinajstić information content (AvgIpc) is 2.51. The molecule has 0 aliphatic rings. The van der Waals surface area contributed by atoms with Crippen LogP contribution >= 0.6 is 0 Å². The minimum atomic E-state index is -1.11. The van der Waals surface area contributed by atoms with Gasteiger partial charge in [0.15, 0.2) is 0 Å². The number of aryl methyl sites for hydroxylation is 1. The number of hydrogen-bond acceptors (Lipinski definition) is 5. The van der Waals surface area contributed by atoms with Gasteiger partial charge in [-0.1, -0.05) is 5.10 Å². The van der Waals surface area contributed by atoms with Gasteiger partial charge in [0.25, 0.3) is 0 Å². The summed E-state index contributed by atoms with van der Waals surface area (Å²) in [5, 5.41) is 18.1. The maximum atomic E-state index is 11.4. The minimum absolute atomic E-state index is 0.0100. The lowest BCUT2D eigenvalue weighted by molar-refractivity contribution is -0.121. The first-order valence-corrected chi connectivity index (χ1v) is 3.98. The van der Waals surface area contributed by atoms with Crippen LogP contribution in [0.15, 0.2) is 4.42 Å². The monoisotopic (exact) mass is 194 g/mol. The molecule has 0 spiro atoms. The van der Waals surface area contributed by atoms with Crippen LogP contribution in [0.4, 0.5) is 6.01 Å². The summed E-state index contributed by atoms with van der Waals surface area (Å²) in [5.74, 6) is -0.112. The van der Waals surface area contributed by atoms with Crippen LogP contribution in [0.5, 0.6) is 0 Å². The quantitative estimate of drug-likeness (QED) is 0.753. The Morgan fingerprint density at radius 1 is 1.57 bits per heavy atom. The Bertz CT molecular complexity index is 388. The third-order valence-electron chi connectivity index (χ3n) is 1.59. The number of aromatic nitrogens is 2. The van der Waals surface area contributed by atoms with Crippen LogP contribution in [0.1, 0.15) is 19.7 Å². The van der Waals surface area contributed by atoms with Gasteiger partial charge in [0, 0.05) is 6.92 Å². The van der Waals surface area contributed by atoms with E-state index in [4.69, 9.17) is 9.68 Å². The van der Waals surface area contributed by atoms with Crippen molar-refractivity contribution in [2.24, 2.45) is 5.41 Å². The van der Waals surface area contributed by atoms with Crippen LogP contribution in [-0.4, -0.2) is 16.1 Å². The molecule has 0 aliphatic heterocycles. The first-order chi connectivity index (χ1) is 6.45. The fourth-order valence-electron chi connectivity index (χ4n) is 0.651. The number of nitrogens with zero attached hydrogens (tertiary/aromatic N) is 3. The van der Waals surface area contributed by atoms with E-state index in [2.05, 4.69) is 15.5 Å². The van der Waals surface area contributed by atoms with Crippen molar-refractivity contribution in [2.75, 3.05) is 5.32 Å². The predicted molar refractivity (Wildman–Crippen MR) is 47.1 cm³/mol. The molecule has 1 rings (SSSR count). The number of nitriles is 1. The molecule has 6 heteroatoms. The molecule has 74 valence electrons. The summed E-state index contributed by atoms with van der Waals surface area (Å²) in [6.07, 6.45) is 0. The fraction of sp³-hybridized carbons (Fsp3) is 0.500. The molecule has 0 saturated heterocycles. The molecule has 1 aromatic rings. The highest BCUT2D eigenvalue weighted by molar-refractivity contribution is 5.94. The molecular weight excluding hydrogens is 184 g/mol. The highest BCUT2D eigenvalue weighted by atomic mass is 16.4. The van der Waals surface area contributed by atoms with Crippen molar-refractivity contribution in [1.82, 2.24) is 10.2 Å². The van der Waals surface area contributed by atoms with E-state index >= 15 is 0 Å². The molecule has 0 radical (unpaired) electrons. The lowest BCUT2D eigenvalue weighted by atomic mass is 9.95. The molecule has 0 aliphatic carbocycles. The van der Waals surface area contributed by atoms with Crippen molar-refractivity contribution in [3.05, 3.63) is 5.89 Å². The van der Waals surface area contributed by atoms with Crippen LogP contribution in [-0.2, 0) is 4.79 Å². The zero-order valence-corrected chi connectivity index (χ0v) is 8.16. The average molecular weight is 194 g/mol. The number of carbonyl (C=O) groups excluding carboxylic acids is 1. The fourth-order valence-corrected chi connectivity index (χ4v) is 0.651. The van der Waals surface area contributed by atoms with Crippen molar-refractivity contribution in [3.63, 3.8) is 0 Å². The second-order valence-corrected chi connectivity index (χ2v) is 3.32. The van der Waals surface area contributed by atoms with Gasteiger partial charge in [0.1, 0.15) is 5.41 Å². The van der Waals surface area contributed by atoms with Gasteiger partial charge in [-0.2, -0.15) is 5.26 Å². The maximum Gasteiger partial charge on any atom is 0.322 e. The van der Waals surface area contributed by atoms with Crippen molar-refractivity contribution >= 4 is 11.9 Å². The molecule has 14 heavy (non-hydrogen) atoms. The Hall–Kier alpha value is -1.90. The van der Waals surface area contributed by atoms with Gasteiger partial charge < -0.3 is 4.42 Å².